The van der Waals surface area contributed by atoms with Crippen molar-refractivity contribution in [2.24, 2.45) is 0 Å². The molecular formula is C20H23N5O3S. The van der Waals surface area contributed by atoms with Gasteiger partial charge in [-0.25, -0.2) is 0 Å². The first-order valence-electron chi connectivity index (χ1n) is 9.60. The molecule has 0 unspecified atom stereocenters. The minimum absolute atomic E-state index is 0.0562. The van der Waals surface area contributed by atoms with Gasteiger partial charge in [-0.3, -0.25) is 13.8 Å². The van der Waals surface area contributed by atoms with Crippen molar-refractivity contribution in [3.05, 3.63) is 51.6 Å². The second-order valence-corrected chi connectivity index (χ2v) is 7.68. The zero-order valence-electron chi connectivity index (χ0n) is 16.7. The molecule has 0 radical (unpaired) electrons. The lowest BCUT2D eigenvalue weighted by Gasteiger charge is -2.11. The van der Waals surface area contributed by atoms with Crippen molar-refractivity contribution in [1.82, 2.24) is 24.3 Å². The van der Waals surface area contributed by atoms with Gasteiger partial charge in [0.15, 0.2) is 5.16 Å². The van der Waals surface area contributed by atoms with Crippen LogP contribution in [0.4, 0.5) is 0 Å². The van der Waals surface area contributed by atoms with Gasteiger partial charge in [-0.15, -0.1) is 10.2 Å². The summed E-state index contributed by atoms with van der Waals surface area (Å²) in [7, 11) is 0. The van der Waals surface area contributed by atoms with E-state index < -0.39 is 0 Å². The lowest BCUT2D eigenvalue weighted by Crippen LogP contribution is -2.24. The van der Waals surface area contributed by atoms with Gasteiger partial charge in [0, 0.05) is 31.1 Å². The molecule has 0 fully saturated rings. The van der Waals surface area contributed by atoms with Crippen molar-refractivity contribution in [1.29, 1.82) is 0 Å². The fourth-order valence-electron chi connectivity index (χ4n) is 3.34. The van der Waals surface area contributed by atoms with Gasteiger partial charge in [0.05, 0.1) is 16.6 Å². The van der Waals surface area contributed by atoms with E-state index in [1.54, 1.807) is 16.3 Å². The maximum atomic E-state index is 13.1. The molecule has 29 heavy (non-hydrogen) atoms. The molecule has 0 N–H and O–H groups in total. The van der Waals surface area contributed by atoms with E-state index in [0.717, 1.165) is 34.1 Å². The average molecular weight is 414 g/mol. The predicted molar refractivity (Wildman–Crippen MR) is 111 cm³/mol. The summed E-state index contributed by atoms with van der Waals surface area (Å²) in [5.41, 5.74) is 2.68. The van der Waals surface area contributed by atoms with Crippen molar-refractivity contribution in [2.45, 2.75) is 44.6 Å². The monoisotopic (exact) mass is 413 g/mol. The van der Waals surface area contributed by atoms with Crippen LogP contribution in [0.5, 0.6) is 0 Å². The van der Waals surface area contributed by atoms with Crippen molar-refractivity contribution in [2.75, 3.05) is 13.2 Å². The molecule has 8 nitrogen and oxygen atoms in total. The molecule has 9 heteroatoms. The highest BCUT2D eigenvalue weighted by Gasteiger charge is 2.18. The average Bonchev–Trinajstić information content (AvgIpc) is 3.29. The van der Waals surface area contributed by atoms with Crippen molar-refractivity contribution in [3.8, 4) is 0 Å². The van der Waals surface area contributed by atoms with Crippen LogP contribution in [0.15, 0.2) is 38.7 Å². The van der Waals surface area contributed by atoms with E-state index in [2.05, 4.69) is 15.4 Å². The Morgan fingerprint density at radius 2 is 2.03 bits per heavy atom. The van der Waals surface area contributed by atoms with Crippen LogP contribution in [0, 0.1) is 13.8 Å². The lowest BCUT2D eigenvalue weighted by molar-refractivity contribution is 0.141. The molecule has 152 valence electrons. The third kappa shape index (κ3) is 3.67. The van der Waals surface area contributed by atoms with Gasteiger partial charge in [0.25, 0.3) is 5.56 Å². The highest BCUT2D eigenvalue weighted by Crippen LogP contribution is 2.27. The van der Waals surface area contributed by atoms with Gasteiger partial charge >= 0.3 is 0 Å². The Morgan fingerprint density at radius 3 is 2.79 bits per heavy atom. The Kier molecular flexibility index (Phi) is 5.68. The summed E-state index contributed by atoms with van der Waals surface area (Å²) in [6.45, 7) is 7.59. The van der Waals surface area contributed by atoms with E-state index >= 15 is 0 Å². The van der Waals surface area contributed by atoms with Gasteiger partial charge < -0.3 is 9.26 Å². The SMILES string of the molecule is CCOCCCn1c(=O)c2ccccc2n2c(SCc3c(C)noc3C)nnc12. The molecule has 0 aliphatic rings. The van der Waals surface area contributed by atoms with E-state index in [4.69, 9.17) is 9.26 Å². The Hall–Kier alpha value is -2.65. The second-order valence-electron chi connectivity index (χ2n) is 6.73. The topological polar surface area (TPSA) is 87.5 Å². The number of ether oxygens (including phenoxy) is 1. The standard InChI is InChI=1S/C20H23N5O3S/c1-4-27-11-7-10-24-18(26)15-8-5-6-9-17(15)25-19(24)21-22-20(25)29-12-16-13(2)23-28-14(16)3/h5-6,8-9H,4,7,10-12H2,1-3H3. The summed E-state index contributed by atoms with van der Waals surface area (Å²) < 4.78 is 14.3. The molecule has 4 aromatic rings. The molecule has 0 spiro atoms. The highest BCUT2D eigenvalue weighted by molar-refractivity contribution is 7.98. The van der Waals surface area contributed by atoms with Crippen molar-refractivity contribution < 1.29 is 9.26 Å². The zero-order valence-corrected chi connectivity index (χ0v) is 17.5. The fourth-order valence-corrected chi connectivity index (χ4v) is 4.44. The summed E-state index contributed by atoms with van der Waals surface area (Å²) in [4.78, 5) is 13.1. The Bertz CT molecular complexity index is 1190. The maximum Gasteiger partial charge on any atom is 0.262 e. The lowest BCUT2D eigenvalue weighted by atomic mass is 10.2. The van der Waals surface area contributed by atoms with E-state index in [0.29, 0.717) is 36.7 Å². The molecule has 0 bridgehead atoms. The molecule has 0 saturated carbocycles. The Morgan fingerprint density at radius 1 is 1.21 bits per heavy atom. The van der Waals surface area contributed by atoms with Crippen LogP contribution < -0.4 is 5.56 Å². The number of rotatable bonds is 8. The summed E-state index contributed by atoms with van der Waals surface area (Å²) in [6.07, 6.45) is 0.732. The van der Waals surface area contributed by atoms with Crippen LogP contribution in [0.25, 0.3) is 16.7 Å². The van der Waals surface area contributed by atoms with Crippen LogP contribution in [-0.2, 0) is 17.0 Å². The number of benzene rings is 1. The maximum absolute atomic E-state index is 13.1. The molecular weight excluding hydrogens is 390 g/mol. The van der Waals surface area contributed by atoms with Gasteiger partial charge in [0.2, 0.25) is 5.78 Å². The third-order valence-corrected chi connectivity index (χ3v) is 5.83. The van der Waals surface area contributed by atoms with Gasteiger partial charge in [-0.2, -0.15) is 0 Å². The van der Waals surface area contributed by atoms with Crippen LogP contribution in [0.1, 0.15) is 30.4 Å². The smallest absolute Gasteiger partial charge is 0.262 e. The van der Waals surface area contributed by atoms with Crippen molar-refractivity contribution in [3.63, 3.8) is 0 Å². The summed E-state index contributed by atoms with van der Waals surface area (Å²) in [5, 5.41) is 14.1. The van der Waals surface area contributed by atoms with Crippen molar-refractivity contribution >= 4 is 28.4 Å². The molecule has 0 aliphatic carbocycles. The van der Waals surface area contributed by atoms with Gasteiger partial charge in [-0.1, -0.05) is 29.1 Å². The number of fused-ring (bicyclic) bond motifs is 3. The number of thioether (sulfide) groups is 1. The normalized spacial score (nSPS) is 11.7. The van der Waals surface area contributed by atoms with E-state index in [1.165, 1.54) is 0 Å². The van der Waals surface area contributed by atoms with Crippen LogP contribution in [0.3, 0.4) is 0 Å². The van der Waals surface area contributed by atoms with Gasteiger partial charge in [-0.05, 0) is 39.3 Å². The quantitative estimate of drug-likeness (QED) is 0.323. The summed E-state index contributed by atoms with van der Waals surface area (Å²) in [6, 6.07) is 7.57. The summed E-state index contributed by atoms with van der Waals surface area (Å²) in [5.74, 6) is 2.02. The van der Waals surface area contributed by atoms with E-state index in [-0.39, 0.29) is 5.56 Å². The largest absolute Gasteiger partial charge is 0.382 e. The second kappa shape index (κ2) is 8.38. The predicted octanol–water partition coefficient (Wildman–Crippen LogP) is 3.37. The number of hydrogen-bond donors (Lipinski definition) is 0. The summed E-state index contributed by atoms with van der Waals surface area (Å²) >= 11 is 1.55. The van der Waals surface area contributed by atoms with Crippen LogP contribution in [0.2, 0.25) is 0 Å². The first kappa shape index (κ1) is 19.7. The number of nitrogens with zero attached hydrogens (tertiary/aromatic N) is 5. The first-order chi connectivity index (χ1) is 14.1. The molecule has 0 saturated heterocycles. The molecule has 0 atom stereocenters. The molecule has 3 aromatic heterocycles. The number of aryl methyl sites for hydroxylation is 3. The highest BCUT2D eigenvalue weighted by atomic mass is 32.2. The number of aromatic nitrogens is 5. The van der Waals surface area contributed by atoms with Gasteiger partial charge in [0.1, 0.15) is 5.76 Å². The molecule has 4 rings (SSSR count). The Labute approximate surface area is 171 Å². The minimum atomic E-state index is -0.0562. The van der Waals surface area contributed by atoms with Crippen LogP contribution in [-0.4, -0.2) is 37.5 Å². The third-order valence-electron chi connectivity index (χ3n) is 4.88. The minimum Gasteiger partial charge on any atom is -0.382 e. The van der Waals surface area contributed by atoms with E-state index in [9.17, 15) is 4.79 Å². The molecule has 0 amide bonds. The van der Waals surface area contributed by atoms with E-state index in [1.807, 2.05) is 49.4 Å². The first-order valence-corrected chi connectivity index (χ1v) is 10.6. The van der Waals surface area contributed by atoms with Crippen LogP contribution >= 0.6 is 11.8 Å². The molecule has 1 aromatic carbocycles. The molecule has 3 heterocycles. The Balaban J connectivity index is 1.77. The fraction of sp³-hybridized carbons (Fsp3) is 0.400. The molecule has 0 aliphatic heterocycles. The number of para-hydroxylation sites is 1. The number of hydrogen-bond acceptors (Lipinski definition) is 7. The zero-order chi connectivity index (χ0) is 20.4.